The van der Waals surface area contributed by atoms with Crippen LogP contribution < -0.4 is 4.74 Å². The second-order valence-corrected chi connectivity index (χ2v) is 5.24. The number of nitriles is 1. The van der Waals surface area contributed by atoms with Crippen molar-refractivity contribution in [3.05, 3.63) is 78.1 Å². The van der Waals surface area contributed by atoms with E-state index in [1.54, 1.807) is 24.3 Å². The molecule has 0 saturated heterocycles. The number of hydrogen-bond acceptors (Lipinski definition) is 4. The zero-order valence-corrected chi connectivity index (χ0v) is 12.9. The van der Waals surface area contributed by atoms with E-state index < -0.39 is 0 Å². The van der Waals surface area contributed by atoms with Gasteiger partial charge in [-0.3, -0.25) is 4.79 Å². The summed E-state index contributed by atoms with van der Waals surface area (Å²) in [5.41, 5.74) is 1.53. The predicted molar refractivity (Wildman–Crippen MR) is 89.3 cm³/mol. The molecule has 3 rings (SSSR count). The third kappa shape index (κ3) is 3.90. The fourth-order valence-electron chi connectivity index (χ4n) is 2.28. The number of furan rings is 1. The molecule has 0 N–H and O–H groups in total. The van der Waals surface area contributed by atoms with Crippen molar-refractivity contribution in [3.8, 4) is 23.1 Å². The maximum atomic E-state index is 11.9. The van der Waals surface area contributed by atoms with Crippen LogP contribution in [0, 0.1) is 11.3 Å². The van der Waals surface area contributed by atoms with Crippen LogP contribution in [0.4, 0.5) is 0 Å². The first kappa shape index (κ1) is 15.6. The summed E-state index contributed by atoms with van der Waals surface area (Å²) < 4.78 is 11.0. The molecule has 0 saturated carbocycles. The molecule has 0 amide bonds. The van der Waals surface area contributed by atoms with Crippen LogP contribution in [0.2, 0.25) is 0 Å². The Morgan fingerprint density at radius 3 is 2.46 bits per heavy atom. The summed E-state index contributed by atoms with van der Waals surface area (Å²) in [4.78, 5) is 11.9. The lowest BCUT2D eigenvalue weighted by molar-refractivity contribution is -0.134. The van der Waals surface area contributed by atoms with Gasteiger partial charge in [0.25, 0.3) is 0 Å². The van der Waals surface area contributed by atoms with E-state index in [-0.39, 0.29) is 12.4 Å². The normalized spacial score (nSPS) is 10.1. The Kier molecular flexibility index (Phi) is 4.73. The minimum Gasteiger partial charge on any atom is -0.461 e. The van der Waals surface area contributed by atoms with Gasteiger partial charge in [0, 0.05) is 12.0 Å². The van der Waals surface area contributed by atoms with Crippen LogP contribution in [0.25, 0.3) is 11.3 Å². The largest absolute Gasteiger partial charge is 0.461 e. The molecule has 0 aliphatic carbocycles. The zero-order chi connectivity index (χ0) is 16.8. The van der Waals surface area contributed by atoms with Gasteiger partial charge in [-0.1, -0.05) is 30.3 Å². The van der Waals surface area contributed by atoms with Crippen molar-refractivity contribution in [1.29, 1.82) is 5.26 Å². The first-order valence-corrected chi connectivity index (χ1v) is 7.59. The summed E-state index contributed by atoms with van der Waals surface area (Å²) in [6, 6.07) is 22.0. The molecule has 2 aromatic carbocycles. The molecular formula is C20H15NO3. The SMILES string of the molecule is N#Cc1ccc(OC(=O)CCc2ccc(-c3ccccc3)o2)cc1. The predicted octanol–water partition coefficient (Wildman–Crippen LogP) is 4.36. The lowest BCUT2D eigenvalue weighted by atomic mass is 10.2. The summed E-state index contributed by atoms with van der Waals surface area (Å²) in [7, 11) is 0. The Labute approximate surface area is 139 Å². The van der Waals surface area contributed by atoms with E-state index in [2.05, 4.69) is 0 Å². The van der Waals surface area contributed by atoms with Gasteiger partial charge in [-0.05, 0) is 36.4 Å². The molecule has 0 bridgehead atoms. The van der Waals surface area contributed by atoms with E-state index >= 15 is 0 Å². The Morgan fingerprint density at radius 1 is 1.00 bits per heavy atom. The molecule has 0 aliphatic rings. The van der Waals surface area contributed by atoms with Crippen molar-refractivity contribution in [2.24, 2.45) is 0 Å². The molecule has 0 spiro atoms. The van der Waals surface area contributed by atoms with Gasteiger partial charge >= 0.3 is 5.97 Å². The number of aryl methyl sites for hydroxylation is 1. The van der Waals surface area contributed by atoms with Crippen LogP contribution >= 0.6 is 0 Å². The molecule has 24 heavy (non-hydrogen) atoms. The van der Waals surface area contributed by atoms with Crippen LogP contribution in [0.1, 0.15) is 17.7 Å². The minimum atomic E-state index is -0.336. The molecule has 4 nitrogen and oxygen atoms in total. The average Bonchev–Trinajstić information content (AvgIpc) is 3.10. The number of carbonyl (C=O) groups excluding carboxylic acids is 1. The lowest BCUT2D eigenvalue weighted by Gasteiger charge is -2.03. The second-order valence-electron chi connectivity index (χ2n) is 5.24. The van der Waals surface area contributed by atoms with Gasteiger partial charge in [-0.2, -0.15) is 5.26 Å². The Hall–Kier alpha value is -3.32. The number of nitrogens with zero attached hydrogens (tertiary/aromatic N) is 1. The fourth-order valence-corrected chi connectivity index (χ4v) is 2.28. The van der Waals surface area contributed by atoms with Crippen molar-refractivity contribution >= 4 is 5.97 Å². The number of esters is 1. The van der Waals surface area contributed by atoms with E-state index in [1.807, 2.05) is 48.5 Å². The number of rotatable bonds is 5. The summed E-state index contributed by atoms with van der Waals surface area (Å²) in [6.45, 7) is 0. The van der Waals surface area contributed by atoms with Crippen molar-refractivity contribution in [2.75, 3.05) is 0 Å². The summed E-state index contributed by atoms with van der Waals surface area (Å²) >= 11 is 0. The van der Waals surface area contributed by atoms with E-state index in [0.29, 0.717) is 17.7 Å². The molecule has 1 heterocycles. The van der Waals surface area contributed by atoms with Crippen molar-refractivity contribution in [1.82, 2.24) is 0 Å². The number of carbonyl (C=O) groups is 1. The molecule has 0 atom stereocenters. The summed E-state index contributed by atoms with van der Waals surface area (Å²) in [5, 5.41) is 8.74. The lowest BCUT2D eigenvalue weighted by Crippen LogP contribution is -2.08. The number of hydrogen-bond donors (Lipinski definition) is 0. The van der Waals surface area contributed by atoms with Crippen molar-refractivity contribution < 1.29 is 13.9 Å². The standard InChI is InChI=1S/C20H15NO3/c21-14-15-6-8-18(9-7-15)24-20(22)13-11-17-10-12-19(23-17)16-4-2-1-3-5-16/h1-10,12H,11,13H2. The van der Waals surface area contributed by atoms with Gasteiger partial charge in [-0.15, -0.1) is 0 Å². The van der Waals surface area contributed by atoms with Crippen LogP contribution in [0.3, 0.4) is 0 Å². The molecule has 4 heteroatoms. The highest BCUT2D eigenvalue weighted by molar-refractivity contribution is 5.72. The van der Waals surface area contributed by atoms with Gasteiger partial charge in [0.1, 0.15) is 17.3 Å². The smallest absolute Gasteiger partial charge is 0.311 e. The van der Waals surface area contributed by atoms with Gasteiger partial charge in [0.15, 0.2) is 0 Å². The maximum Gasteiger partial charge on any atom is 0.311 e. The third-order valence-electron chi connectivity index (χ3n) is 3.51. The molecule has 3 aromatic rings. The van der Waals surface area contributed by atoms with Gasteiger partial charge < -0.3 is 9.15 Å². The molecule has 118 valence electrons. The average molecular weight is 317 g/mol. The fraction of sp³-hybridized carbons (Fsp3) is 0.100. The molecule has 1 aromatic heterocycles. The van der Waals surface area contributed by atoms with Crippen molar-refractivity contribution in [3.63, 3.8) is 0 Å². The Bertz CT molecular complexity index is 858. The number of ether oxygens (including phenoxy) is 1. The molecule has 0 radical (unpaired) electrons. The van der Waals surface area contributed by atoms with Crippen LogP contribution in [-0.4, -0.2) is 5.97 Å². The van der Waals surface area contributed by atoms with Gasteiger partial charge in [0.2, 0.25) is 0 Å². The van der Waals surface area contributed by atoms with E-state index in [0.717, 1.165) is 17.1 Å². The van der Waals surface area contributed by atoms with E-state index in [9.17, 15) is 4.79 Å². The highest BCUT2D eigenvalue weighted by atomic mass is 16.5. The van der Waals surface area contributed by atoms with Gasteiger partial charge in [0.05, 0.1) is 18.1 Å². The number of benzene rings is 2. The highest BCUT2D eigenvalue weighted by Crippen LogP contribution is 2.22. The van der Waals surface area contributed by atoms with E-state index in [1.165, 1.54) is 0 Å². The quantitative estimate of drug-likeness (QED) is 0.518. The van der Waals surface area contributed by atoms with Crippen LogP contribution in [0.15, 0.2) is 71.1 Å². The summed E-state index contributed by atoms with van der Waals surface area (Å²) in [6.07, 6.45) is 0.698. The molecule has 0 aliphatic heterocycles. The first-order chi connectivity index (χ1) is 11.7. The van der Waals surface area contributed by atoms with Crippen LogP contribution in [0.5, 0.6) is 5.75 Å². The van der Waals surface area contributed by atoms with Gasteiger partial charge in [-0.25, -0.2) is 0 Å². The maximum absolute atomic E-state index is 11.9. The molecule has 0 fully saturated rings. The van der Waals surface area contributed by atoms with Crippen molar-refractivity contribution in [2.45, 2.75) is 12.8 Å². The van der Waals surface area contributed by atoms with Crippen LogP contribution in [-0.2, 0) is 11.2 Å². The Balaban J connectivity index is 1.55. The minimum absolute atomic E-state index is 0.224. The van der Waals surface area contributed by atoms with E-state index in [4.69, 9.17) is 14.4 Å². The second kappa shape index (κ2) is 7.30. The molecule has 0 unspecified atom stereocenters. The third-order valence-corrected chi connectivity index (χ3v) is 3.51. The monoisotopic (exact) mass is 317 g/mol. The summed E-state index contributed by atoms with van der Waals surface area (Å²) in [5.74, 6) is 1.62. The zero-order valence-electron chi connectivity index (χ0n) is 12.9. The Morgan fingerprint density at radius 2 is 1.75 bits per heavy atom. The topological polar surface area (TPSA) is 63.2 Å². The first-order valence-electron chi connectivity index (χ1n) is 7.59. The highest BCUT2D eigenvalue weighted by Gasteiger charge is 2.09. The molecular weight excluding hydrogens is 302 g/mol.